The molecule has 1 heterocycles. The van der Waals surface area contributed by atoms with Gasteiger partial charge < -0.3 is 15.0 Å². The maximum Gasteiger partial charge on any atom is 0.241 e. The van der Waals surface area contributed by atoms with Gasteiger partial charge in [0.15, 0.2) is 0 Å². The van der Waals surface area contributed by atoms with Crippen LogP contribution in [0, 0.1) is 0 Å². The number of nitrogens with one attached hydrogen (secondary N) is 1. The van der Waals surface area contributed by atoms with E-state index in [0.29, 0.717) is 11.4 Å². The van der Waals surface area contributed by atoms with Crippen molar-refractivity contribution >= 4 is 15.7 Å². The van der Waals surface area contributed by atoms with Gasteiger partial charge in [0.05, 0.1) is 29.9 Å². The van der Waals surface area contributed by atoms with Crippen LogP contribution in [0.5, 0.6) is 5.75 Å². The highest BCUT2D eigenvalue weighted by molar-refractivity contribution is 7.89. The molecular weight excluding hydrogens is 270 g/mol. The summed E-state index contributed by atoms with van der Waals surface area (Å²) in [5.74, 6) is 0.426. The topological polar surface area (TPSA) is 107 Å². The molecule has 0 fully saturated rings. The van der Waals surface area contributed by atoms with Crippen LogP contribution in [0.3, 0.4) is 0 Å². The number of ether oxygens (including phenoxy) is 1. The summed E-state index contributed by atoms with van der Waals surface area (Å²) in [4.78, 5) is 0.0642. The van der Waals surface area contributed by atoms with Crippen LogP contribution in [0.25, 0.3) is 0 Å². The summed E-state index contributed by atoms with van der Waals surface area (Å²) in [7, 11) is -2.19. The maximum absolute atomic E-state index is 12.0. The Kier molecular flexibility index (Phi) is 3.72. The van der Waals surface area contributed by atoms with Gasteiger partial charge in [0.1, 0.15) is 12.0 Å². The van der Waals surface area contributed by atoms with Crippen LogP contribution in [-0.4, -0.2) is 20.7 Å². The van der Waals surface area contributed by atoms with Crippen LogP contribution in [0.4, 0.5) is 5.69 Å². The monoisotopic (exact) mass is 283 g/mol. The summed E-state index contributed by atoms with van der Waals surface area (Å²) >= 11 is 0. The Bertz CT molecular complexity index is 653. The first-order valence-electron chi connectivity index (χ1n) is 5.35. The summed E-state index contributed by atoms with van der Waals surface area (Å²) in [5.41, 5.74) is 6.42. The van der Waals surface area contributed by atoms with Gasteiger partial charge in [0.2, 0.25) is 10.0 Å². The van der Waals surface area contributed by atoms with Gasteiger partial charge in [0, 0.05) is 6.07 Å². The fourth-order valence-electron chi connectivity index (χ4n) is 1.46. The average molecular weight is 283 g/mol. The first kappa shape index (κ1) is 13.4. The number of nitrogens with zero attached hydrogens (tertiary/aromatic N) is 1. The van der Waals surface area contributed by atoms with Crippen molar-refractivity contribution in [2.45, 2.75) is 11.4 Å². The normalized spacial score (nSPS) is 11.4. The SMILES string of the molecule is COc1ccc(S(=O)(=O)NCc2ccon2)cc1N. The molecule has 0 aliphatic rings. The van der Waals surface area contributed by atoms with E-state index in [9.17, 15) is 8.42 Å². The van der Waals surface area contributed by atoms with Crippen molar-refractivity contribution in [1.82, 2.24) is 9.88 Å². The summed E-state index contributed by atoms with van der Waals surface area (Å²) < 4.78 is 36.0. The number of sulfonamides is 1. The molecule has 0 saturated carbocycles. The molecular formula is C11H13N3O4S. The molecule has 0 aliphatic heterocycles. The molecule has 0 aliphatic carbocycles. The first-order valence-corrected chi connectivity index (χ1v) is 6.83. The van der Waals surface area contributed by atoms with E-state index < -0.39 is 10.0 Å². The molecule has 102 valence electrons. The highest BCUT2D eigenvalue weighted by atomic mass is 32.2. The third-order valence-electron chi connectivity index (χ3n) is 2.45. The number of nitrogens with two attached hydrogens (primary N) is 1. The van der Waals surface area contributed by atoms with Gasteiger partial charge in [-0.05, 0) is 18.2 Å². The van der Waals surface area contributed by atoms with Gasteiger partial charge in [-0.2, -0.15) is 0 Å². The molecule has 1 aromatic carbocycles. The summed E-state index contributed by atoms with van der Waals surface area (Å²) in [5, 5.41) is 3.61. The summed E-state index contributed by atoms with van der Waals surface area (Å²) in [6.45, 7) is 0.0464. The number of benzene rings is 1. The predicted molar refractivity (Wildman–Crippen MR) is 67.9 cm³/mol. The summed E-state index contributed by atoms with van der Waals surface area (Å²) in [6.07, 6.45) is 1.37. The molecule has 0 bridgehead atoms. The van der Waals surface area contributed by atoms with Crippen molar-refractivity contribution < 1.29 is 17.7 Å². The first-order chi connectivity index (χ1) is 9.03. The zero-order chi connectivity index (χ0) is 13.9. The Morgan fingerprint density at radius 2 is 2.21 bits per heavy atom. The molecule has 0 saturated heterocycles. The van der Waals surface area contributed by atoms with Gasteiger partial charge >= 0.3 is 0 Å². The van der Waals surface area contributed by atoms with Crippen LogP contribution < -0.4 is 15.2 Å². The van der Waals surface area contributed by atoms with Crippen molar-refractivity contribution in [3.05, 3.63) is 36.2 Å². The lowest BCUT2D eigenvalue weighted by atomic mass is 10.3. The molecule has 2 rings (SSSR count). The quantitative estimate of drug-likeness (QED) is 0.784. The third kappa shape index (κ3) is 3.04. The minimum Gasteiger partial charge on any atom is -0.495 e. The lowest BCUT2D eigenvalue weighted by Crippen LogP contribution is -2.23. The van der Waals surface area contributed by atoms with Crippen LogP contribution in [-0.2, 0) is 16.6 Å². The number of anilines is 1. The molecule has 19 heavy (non-hydrogen) atoms. The maximum atomic E-state index is 12.0. The van der Waals surface area contributed by atoms with Crippen molar-refractivity contribution in [1.29, 1.82) is 0 Å². The smallest absolute Gasteiger partial charge is 0.241 e. The van der Waals surface area contributed by atoms with E-state index in [1.165, 1.54) is 31.6 Å². The predicted octanol–water partition coefficient (Wildman–Crippen LogP) is 0.744. The van der Waals surface area contributed by atoms with E-state index in [4.69, 9.17) is 10.5 Å². The zero-order valence-corrected chi connectivity index (χ0v) is 11.0. The lowest BCUT2D eigenvalue weighted by molar-refractivity contribution is 0.411. The number of nitrogen functional groups attached to an aromatic ring is 1. The van der Waals surface area contributed by atoms with Gasteiger partial charge in [-0.3, -0.25) is 0 Å². The van der Waals surface area contributed by atoms with Gasteiger partial charge in [-0.25, -0.2) is 13.1 Å². The largest absolute Gasteiger partial charge is 0.495 e. The highest BCUT2D eigenvalue weighted by Gasteiger charge is 2.16. The molecule has 0 radical (unpaired) electrons. The van der Waals surface area contributed by atoms with Crippen LogP contribution >= 0.6 is 0 Å². The Morgan fingerprint density at radius 1 is 1.42 bits per heavy atom. The molecule has 0 atom stereocenters. The number of rotatable bonds is 5. The Balaban J connectivity index is 2.17. The van der Waals surface area contributed by atoms with Crippen molar-refractivity contribution in [3.63, 3.8) is 0 Å². The molecule has 0 unspecified atom stereocenters. The minimum absolute atomic E-state index is 0.0464. The third-order valence-corrected chi connectivity index (χ3v) is 3.84. The van der Waals surface area contributed by atoms with E-state index in [1.807, 2.05) is 0 Å². The van der Waals surface area contributed by atoms with Crippen molar-refractivity contribution in [2.24, 2.45) is 0 Å². The van der Waals surface area contributed by atoms with Crippen LogP contribution in [0.15, 0.2) is 39.9 Å². The van der Waals surface area contributed by atoms with E-state index in [2.05, 4.69) is 14.4 Å². The van der Waals surface area contributed by atoms with E-state index in [-0.39, 0.29) is 17.1 Å². The zero-order valence-electron chi connectivity index (χ0n) is 10.2. The molecule has 0 amide bonds. The highest BCUT2D eigenvalue weighted by Crippen LogP contribution is 2.24. The molecule has 2 aromatic rings. The van der Waals surface area contributed by atoms with E-state index in [1.54, 1.807) is 6.07 Å². The number of methoxy groups -OCH3 is 1. The lowest BCUT2D eigenvalue weighted by Gasteiger charge is -2.08. The Hall–Kier alpha value is -2.06. The van der Waals surface area contributed by atoms with Crippen molar-refractivity contribution in [3.8, 4) is 5.75 Å². The number of hydrogen-bond acceptors (Lipinski definition) is 6. The minimum atomic E-state index is -3.65. The van der Waals surface area contributed by atoms with Gasteiger partial charge in [-0.1, -0.05) is 5.16 Å². The second kappa shape index (κ2) is 5.29. The molecule has 7 nitrogen and oxygen atoms in total. The van der Waals surface area contributed by atoms with Crippen LogP contribution in [0.1, 0.15) is 5.69 Å². The van der Waals surface area contributed by atoms with Gasteiger partial charge in [0.25, 0.3) is 0 Å². The second-order valence-corrected chi connectivity index (χ2v) is 5.49. The fourth-order valence-corrected chi connectivity index (χ4v) is 2.49. The Morgan fingerprint density at radius 3 is 2.79 bits per heavy atom. The standard InChI is InChI=1S/C11H13N3O4S/c1-17-11-3-2-9(6-10(11)12)19(15,16)13-7-8-4-5-18-14-8/h2-6,13H,7,12H2,1H3. The second-order valence-electron chi connectivity index (χ2n) is 3.72. The average Bonchev–Trinajstić information content (AvgIpc) is 2.89. The van der Waals surface area contributed by atoms with Gasteiger partial charge in [-0.15, -0.1) is 0 Å². The molecule has 0 spiro atoms. The summed E-state index contributed by atoms with van der Waals surface area (Å²) in [6, 6.07) is 5.83. The molecule has 8 heteroatoms. The number of hydrogen-bond donors (Lipinski definition) is 2. The van der Waals surface area contributed by atoms with E-state index in [0.717, 1.165) is 0 Å². The Labute approximate surface area is 110 Å². The number of aromatic nitrogens is 1. The van der Waals surface area contributed by atoms with E-state index >= 15 is 0 Å². The van der Waals surface area contributed by atoms with Crippen LogP contribution in [0.2, 0.25) is 0 Å². The fraction of sp³-hybridized carbons (Fsp3) is 0.182. The molecule has 1 aromatic heterocycles. The molecule has 3 N–H and O–H groups in total. The van der Waals surface area contributed by atoms with Crippen molar-refractivity contribution in [2.75, 3.05) is 12.8 Å².